The quantitative estimate of drug-likeness (QED) is 0.335. The van der Waals surface area contributed by atoms with E-state index in [-0.39, 0.29) is 51.1 Å². The minimum Gasteiger partial charge on any atom is -0.338 e. The third kappa shape index (κ3) is 4.72. The van der Waals surface area contributed by atoms with Gasteiger partial charge < -0.3 is 5.32 Å². The fraction of sp³-hybridized carbons (Fsp3) is 0.321. The van der Waals surface area contributed by atoms with Crippen LogP contribution in [0.1, 0.15) is 43.9 Å². The van der Waals surface area contributed by atoms with Gasteiger partial charge in [0.25, 0.3) is 11.1 Å². The third-order valence-electron chi connectivity index (χ3n) is 7.21. The fourth-order valence-corrected chi connectivity index (χ4v) is 5.45. The summed E-state index contributed by atoms with van der Waals surface area (Å²) in [5, 5.41) is 2.99. The Labute approximate surface area is 229 Å². The summed E-state index contributed by atoms with van der Waals surface area (Å²) in [6, 6.07) is 10.6. The molecule has 2 heterocycles. The number of nitrogens with one attached hydrogen (secondary N) is 2. The lowest BCUT2D eigenvalue weighted by Crippen LogP contribution is -2.41. The molecule has 2 aromatic carbocycles. The zero-order chi connectivity index (χ0) is 28.9. The van der Waals surface area contributed by atoms with Gasteiger partial charge in [-0.15, -0.1) is 0 Å². The van der Waals surface area contributed by atoms with Gasteiger partial charge in [-0.25, -0.2) is 17.6 Å². The molecule has 5 rings (SSSR count). The van der Waals surface area contributed by atoms with E-state index in [0.717, 1.165) is 10.1 Å². The molecule has 12 heteroatoms. The maximum atomic E-state index is 15.0. The molecule has 0 bridgehead atoms. The molecule has 1 saturated carbocycles. The maximum absolute atomic E-state index is 15.0. The highest BCUT2D eigenvalue weighted by Crippen LogP contribution is 2.34. The van der Waals surface area contributed by atoms with Gasteiger partial charge >= 0.3 is 5.69 Å². The maximum Gasteiger partial charge on any atom is 0.336 e. The first-order chi connectivity index (χ1) is 19.0. The summed E-state index contributed by atoms with van der Waals surface area (Å²) in [6.07, 6.45) is 1.91. The Morgan fingerprint density at radius 3 is 2.38 bits per heavy atom. The zero-order valence-electron chi connectivity index (χ0n) is 22.6. The minimum absolute atomic E-state index is 0.0459. The first-order valence-corrected chi connectivity index (χ1v) is 14.7. The second kappa shape index (κ2) is 10.1. The predicted molar refractivity (Wildman–Crippen MR) is 154 cm³/mol. The Bertz CT molecular complexity index is 1960. The van der Waals surface area contributed by atoms with E-state index in [1.807, 2.05) is 6.92 Å². The van der Waals surface area contributed by atoms with Gasteiger partial charge in [-0.1, -0.05) is 19.1 Å². The third-order valence-corrected chi connectivity index (χ3v) is 8.51. The molecule has 2 aromatic heterocycles. The van der Waals surface area contributed by atoms with Crippen LogP contribution in [0, 0.1) is 12.7 Å². The number of anilines is 3. The van der Waals surface area contributed by atoms with E-state index in [4.69, 9.17) is 0 Å². The molecule has 40 heavy (non-hydrogen) atoms. The molecule has 10 nitrogen and oxygen atoms in total. The number of halogens is 1. The van der Waals surface area contributed by atoms with Gasteiger partial charge in [-0.05, 0) is 69.0 Å². The first-order valence-electron chi connectivity index (χ1n) is 13.0. The smallest absolute Gasteiger partial charge is 0.336 e. The summed E-state index contributed by atoms with van der Waals surface area (Å²) < 4.78 is 45.6. The van der Waals surface area contributed by atoms with Crippen LogP contribution in [0.3, 0.4) is 0 Å². The van der Waals surface area contributed by atoms with Crippen molar-refractivity contribution in [2.24, 2.45) is 7.05 Å². The van der Waals surface area contributed by atoms with Crippen molar-refractivity contribution in [1.29, 1.82) is 0 Å². The number of pyridine rings is 1. The van der Waals surface area contributed by atoms with Gasteiger partial charge in [-0.3, -0.25) is 28.0 Å². The van der Waals surface area contributed by atoms with Crippen LogP contribution in [0.4, 0.5) is 21.6 Å². The first kappa shape index (κ1) is 27.4. The van der Waals surface area contributed by atoms with Crippen molar-refractivity contribution >= 4 is 38.1 Å². The summed E-state index contributed by atoms with van der Waals surface area (Å²) in [5.41, 5.74) is -0.162. The van der Waals surface area contributed by atoms with Crippen molar-refractivity contribution in [3.05, 3.63) is 90.6 Å². The van der Waals surface area contributed by atoms with E-state index in [2.05, 4.69) is 10.0 Å². The lowest BCUT2D eigenvalue weighted by molar-refractivity contribution is 0.602. The number of benzene rings is 2. The summed E-state index contributed by atoms with van der Waals surface area (Å²) in [6.45, 7) is 4.93. The van der Waals surface area contributed by atoms with Gasteiger partial charge in [0.1, 0.15) is 17.0 Å². The number of hydrogen-bond donors (Lipinski definition) is 2. The number of aryl methyl sites for hydroxylation is 2. The molecule has 0 spiro atoms. The molecule has 1 aliphatic rings. The molecule has 0 amide bonds. The van der Waals surface area contributed by atoms with Crippen LogP contribution in [0.25, 0.3) is 16.6 Å². The molecule has 4 aromatic rings. The molecular weight excluding hydrogens is 537 g/mol. The largest absolute Gasteiger partial charge is 0.338 e. The Morgan fingerprint density at radius 2 is 1.75 bits per heavy atom. The number of aromatic nitrogens is 3. The Kier molecular flexibility index (Phi) is 6.90. The Morgan fingerprint density at radius 1 is 1.02 bits per heavy atom. The zero-order valence-corrected chi connectivity index (χ0v) is 23.4. The van der Waals surface area contributed by atoms with Crippen LogP contribution in [0.5, 0.6) is 0 Å². The van der Waals surface area contributed by atoms with E-state index in [1.54, 1.807) is 30.3 Å². The highest BCUT2D eigenvalue weighted by atomic mass is 32.2. The van der Waals surface area contributed by atoms with Crippen LogP contribution in [0.15, 0.2) is 56.8 Å². The van der Waals surface area contributed by atoms with E-state index >= 15 is 4.39 Å². The lowest BCUT2D eigenvalue weighted by atomic mass is 10.1. The summed E-state index contributed by atoms with van der Waals surface area (Å²) in [5.74, 6) is -0.649. The van der Waals surface area contributed by atoms with Gasteiger partial charge in [-0.2, -0.15) is 0 Å². The Balaban J connectivity index is 1.86. The molecule has 1 fully saturated rings. The SMILES string of the molecule is CCc1ccc(Nc2c3c(=O)n(C4CC4)c(=O)n(-c4cccc(NS(=O)(=O)CC)c4)c3c(C)c(=O)n2C)c(F)c1. The molecule has 2 N–H and O–H groups in total. The monoisotopic (exact) mass is 567 g/mol. The summed E-state index contributed by atoms with van der Waals surface area (Å²) in [4.78, 5) is 41.2. The molecule has 0 unspecified atom stereocenters. The lowest BCUT2D eigenvalue weighted by Gasteiger charge is -2.21. The number of fused-ring (bicyclic) bond motifs is 1. The average Bonchev–Trinajstić information content (AvgIpc) is 3.76. The van der Waals surface area contributed by atoms with Crippen molar-refractivity contribution in [2.45, 2.75) is 46.1 Å². The molecule has 0 radical (unpaired) electrons. The number of nitrogens with zero attached hydrogens (tertiary/aromatic N) is 3. The van der Waals surface area contributed by atoms with E-state index in [9.17, 15) is 22.8 Å². The number of rotatable bonds is 8. The van der Waals surface area contributed by atoms with Gasteiger partial charge in [0.2, 0.25) is 10.0 Å². The number of sulfonamides is 1. The second-order valence-corrected chi connectivity index (χ2v) is 11.9. The van der Waals surface area contributed by atoms with Crippen LogP contribution in [0.2, 0.25) is 0 Å². The van der Waals surface area contributed by atoms with Crippen LogP contribution < -0.4 is 26.8 Å². The van der Waals surface area contributed by atoms with E-state index in [1.165, 1.54) is 42.2 Å². The van der Waals surface area contributed by atoms with Crippen molar-refractivity contribution in [3.63, 3.8) is 0 Å². The van der Waals surface area contributed by atoms with Crippen molar-refractivity contribution in [1.82, 2.24) is 13.7 Å². The van der Waals surface area contributed by atoms with Crippen molar-refractivity contribution in [2.75, 3.05) is 15.8 Å². The molecule has 1 aliphatic carbocycles. The van der Waals surface area contributed by atoms with E-state index < -0.39 is 32.6 Å². The van der Waals surface area contributed by atoms with Crippen LogP contribution in [-0.2, 0) is 23.5 Å². The fourth-order valence-electron chi connectivity index (χ4n) is 4.82. The van der Waals surface area contributed by atoms with Crippen LogP contribution in [-0.4, -0.2) is 27.9 Å². The second-order valence-electron chi connectivity index (χ2n) is 9.93. The highest BCUT2D eigenvalue weighted by molar-refractivity contribution is 7.92. The molecule has 0 atom stereocenters. The summed E-state index contributed by atoms with van der Waals surface area (Å²) in [7, 11) is -2.13. The molecule has 210 valence electrons. The molecule has 0 aliphatic heterocycles. The normalized spacial score (nSPS) is 13.5. The van der Waals surface area contributed by atoms with Crippen molar-refractivity contribution < 1.29 is 12.8 Å². The Hall–Kier alpha value is -4.19. The van der Waals surface area contributed by atoms with Gasteiger partial charge in [0.05, 0.1) is 28.3 Å². The average molecular weight is 568 g/mol. The van der Waals surface area contributed by atoms with Gasteiger partial charge in [0.15, 0.2) is 0 Å². The summed E-state index contributed by atoms with van der Waals surface area (Å²) >= 11 is 0. The number of hydrogen-bond acceptors (Lipinski definition) is 6. The van der Waals surface area contributed by atoms with E-state index in [0.29, 0.717) is 19.3 Å². The van der Waals surface area contributed by atoms with Crippen molar-refractivity contribution in [3.8, 4) is 5.69 Å². The van der Waals surface area contributed by atoms with Crippen LogP contribution >= 0.6 is 0 Å². The topological polar surface area (TPSA) is 124 Å². The van der Waals surface area contributed by atoms with Gasteiger partial charge in [0, 0.05) is 18.7 Å². The standard InChI is InChI=1S/C28H30FN5O5S/c1-5-17-10-13-22(21(29)14-17)30-25-23-24(16(3)26(35)32(25)4)33(28(37)34(27(23)36)19-11-12-19)20-9-7-8-18(15-20)31-40(38,39)6-2/h7-10,13-15,19,30-31H,5-6,11-12H2,1-4H3. The minimum atomic E-state index is -3.60. The highest BCUT2D eigenvalue weighted by Gasteiger charge is 2.31. The molecular formula is C28H30FN5O5S. The molecule has 0 saturated heterocycles. The predicted octanol–water partition coefficient (Wildman–Crippen LogP) is 3.70.